The molecule has 0 atom stereocenters. The van der Waals surface area contributed by atoms with Crippen LogP contribution in [0.1, 0.15) is 5.56 Å². The average molecular weight is 331 g/mol. The lowest BCUT2D eigenvalue weighted by Gasteiger charge is -2.14. The largest absolute Gasteiger partial charge is 0.508 e. The summed E-state index contributed by atoms with van der Waals surface area (Å²) < 4.78 is 0. The van der Waals surface area contributed by atoms with Gasteiger partial charge in [-0.05, 0) is 42.5 Å². The molecule has 0 bridgehead atoms. The molecule has 2 aromatic carbocycles. The topological polar surface area (TPSA) is 89.9 Å². The van der Waals surface area contributed by atoms with Gasteiger partial charge in [-0.15, -0.1) is 0 Å². The van der Waals surface area contributed by atoms with Crippen LogP contribution in [0.3, 0.4) is 0 Å². The molecule has 2 aromatic rings. The average Bonchev–Trinajstić information content (AvgIpc) is 2.78. The number of hydrazine groups is 1. The maximum absolute atomic E-state index is 12.4. The number of anilines is 1. The molecule has 0 aromatic heterocycles. The Hall–Kier alpha value is -2.99. The summed E-state index contributed by atoms with van der Waals surface area (Å²) in [6, 6.07) is 10.3. The van der Waals surface area contributed by atoms with Crippen molar-refractivity contribution >= 4 is 35.2 Å². The molecule has 3 rings (SSSR count). The molecule has 23 heavy (non-hydrogen) atoms. The molecule has 1 fully saturated rings. The minimum Gasteiger partial charge on any atom is -0.508 e. The minimum absolute atomic E-state index is 0.116. The summed E-state index contributed by atoms with van der Waals surface area (Å²) in [5.41, 5.74) is 3.03. The van der Waals surface area contributed by atoms with Crippen molar-refractivity contribution < 1.29 is 19.8 Å². The highest BCUT2D eigenvalue weighted by Gasteiger charge is 2.34. The number of hydrogen-bond acceptors (Lipinski definition) is 4. The summed E-state index contributed by atoms with van der Waals surface area (Å²) in [6.45, 7) is 0. The number of rotatable bonds is 2. The number of nitrogens with zero attached hydrogens (tertiary/aromatic N) is 1. The van der Waals surface area contributed by atoms with Crippen LogP contribution in [0.25, 0.3) is 6.08 Å². The van der Waals surface area contributed by atoms with Crippen molar-refractivity contribution in [2.75, 3.05) is 5.01 Å². The Morgan fingerprint density at radius 1 is 1.04 bits per heavy atom. The quantitative estimate of drug-likeness (QED) is 0.581. The fourth-order valence-corrected chi connectivity index (χ4v) is 2.26. The van der Waals surface area contributed by atoms with E-state index in [0.717, 1.165) is 11.1 Å². The highest BCUT2D eigenvalue weighted by molar-refractivity contribution is 6.32. The number of hydrogen-bond donors (Lipinski definition) is 3. The van der Waals surface area contributed by atoms with Gasteiger partial charge in [0.2, 0.25) is 0 Å². The lowest BCUT2D eigenvalue weighted by molar-refractivity contribution is -0.117. The third kappa shape index (κ3) is 2.84. The van der Waals surface area contributed by atoms with Crippen LogP contribution >= 0.6 is 11.6 Å². The monoisotopic (exact) mass is 330 g/mol. The lowest BCUT2D eigenvalue weighted by Crippen LogP contribution is -2.35. The molecule has 1 saturated heterocycles. The van der Waals surface area contributed by atoms with E-state index in [4.69, 9.17) is 11.6 Å². The van der Waals surface area contributed by atoms with Gasteiger partial charge in [-0.25, -0.2) is 5.01 Å². The molecule has 2 amide bonds. The summed E-state index contributed by atoms with van der Waals surface area (Å²) >= 11 is 5.80. The Labute approximate surface area is 136 Å². The van der Waals surface area contributed by atoms with E-state index >= 15 is 0 Å². The van der Waals surface area contributed by atoms with Crippen LogP contribution in [0.4, 0.5) is 5.69 Å². The molecule has 0 radical (unpaired) electrons. The van der Waals surface area contributed by atoms with Crippen LogP contribution in [0.5, 0.6) is 11.5 Å². The molecule has 0 saturated carbocycles. The first kappa shape index (κ1) is 14.9. The zero-order valence-electron chi connectivity index (χ0n) is 11.7. The number of aromatic hydroxyl groups is 2. The van der Waals surface area contributed by atoms with E-state index in [0.29, 0.717) is 10.7 Å². The number of phenols is 2. The Morgan fingerprint density at radius 2 is 1.74 bits per heavy atom. The SMILES string of the molecule is O=C1NN(c2ccc(Cl)cc2)C(=O)/C1=C/c1ccc(O)cc1O. The minimum atomic E-state index is -0.586. The van der Waals surface area contributed by atoms with Crippen LogP contribution < -0.4 is 10.4 Å². The van der Waals surface area contributed by atoms with Crippen molar-refractivity contribution in [3.05, 3.63) is 58.6 Å². The smallest absolute Gasteiger partial charge is 0.282 e. The first-order chi connectivity index (χ1) is 11.0. The first-order valence-corrected chi connectivity index (χ1v) is 6.98. The molecule has 0 spiro atoms. The predicted octanol–water partition coefficient (Wildman–Crippen LogP) is 2.21. The summed E-state index contributed by atoms with van der Waals surface area (Å²) in [5, 5.41) is 20.6. The van der Waals surface area contributed by atoms with Gasteiger partial charge in [0, 0.05) is 16.7 Å². The second-order valence-electron chi connectivity index (χ2n) is 4.86. The predicted molar refractivity (Wildman–Crippen MR) is 84.8 cm³/mol. The van der Waals surface area contributed by atoms with Gasteiger partial charge >= 0.3 is 0 Å². The van der Waals surface area contributed by atoms with E-state index in [1.54, 1.807) is 24.3 Å². The van der Waals surface area contributed by atoms with Gasteiger partial charge < -0.3 is 10.2 Å². The van der Waals surface area contributed by atoms with E-state index in [-0.39, 0.29) is 22.6 Å². The van der Waals surface area contributed by atoms with E-state index in [9.17, 15) is 19.8 Å². The van der Waals surface area contributed by atoms with Crippen molar-refractivity contribution in [3.63, 3.8) is 0 Å². The van der Waals surface area contributed by atoms with Crippen LogP contribution in [0.15, 0.2) is 48.0 Å². The van der Waals surface area contributed by atoms with E-state index in [2.05, 4.69) is 5.43 Å². The zero-order valence-corrected chi connectivity index (χ0v) is 12.4. The van der Waals surface area contributed by atoms with Crippen molar-refractivity contribution in [1.82, 2.24) is 5.43 Å². The van der Waals surface area contributed by atoms with Crippen LogP contribution in [-0.4, -0.2) is 22.0 Å². The highest BCUT2D eigenvalue weighted by atomic mass is 35.5. The maximum atomic E-state index is 12.4. The fraction of sp³-hybridized carbons (Fsp3) is 0. The van der Waals surface area contributed by atoms with Gasteiger partial charge in [0.15, 0.2) is 0 Å². The molecule has 1 aliphatic heterocycles. The summed E-state index contributed by atoms with van der Waals surface area (Å²) in [4.78, 5) is 24.4. The van der Waals surface area contributed by atoms with Crippen molar-refractivity contribution in [3.8, 4) is 11.5 Å². The third-order valence-electron chi connectivity index (χ3n) is 3.29. The summed E-state index contributed by atoms with van der Waals surface area (Å²) in [7, 11) is 0. The van der Waals surface area contributed by atoms with E-state index in [1.807, 2.05) is 0 Å². The lowest BCUT2D eigenvalue weighted by atomic mass is 10.1. The number of carbonyl (C=O) groups is 2. The van der Waals surface area contributed by atoms with E-state index < -0.39 is 11.8 Å². The Kier molecular flexibility index (Phi) is 3.67. The van der Waals surface area contributed by atoms with Crippen LogP contribution in [-0.2, 0) is 9.59 Å². The zero-order chi connectivity index (χ0) is 16.6. The molecule has 1 aliphatic rings. The van der Waals surface area contributed by atoms with Crippen molar-refractivity contribution in [2.24, 2.45) is 0 Å². The number of phenolic OH excluding ortho intramolecular Hbond substituents is 2. The number of nitrogens with one attached hydrogen (secondary N) is 1. The second kappa shape index (κ2) is 5.66. The van der Waals surface area contributed by atoms with E-state index in [1.165, 1.54) is 18.2 Å². The Bertz CT molecular complexity index is 830. The van der Waals surface area contributed by atoms with Crippen molar-refractivity contribution in [1.29, 1.82) is 0 Å². The highest BCUT2D eigenvalue weighted by Crippen LogP contribution is 2.27. The molecule has 6 nitrogen and oxygen atoms in total. The van der Waals surface area contributed by atoms with Gasteiger partial charge in [0.25, 0.3) is 11.8 Å². The van der Waals surface area contributed by atoms with Gasteiger partial charge in [-0.1, -0.05) is 11.6 Å². The number of carbonyl (C=O) groups excluding carboxylic acids is 2. The van der Waals surface area contributed by atoms with Crippen molar-refractivity contribution in [2.45, 2.75) is 0 Å². The number of amides is 2. The van der Waals surface area contributed by atoms with Crippen LogP contribution in [0.2, 0.25) is 5.02 Å². The molecular formula is C16H11ClN2O4. The Morgan fingerprint density at radius 3 is 2.39 bits per heavy atom. The van der Waals surface area contributed by atoms with Gasteiger partial charge in [-0.3, -0.25) is 15.0 Å². The Balaban J connectivity index is 1.95. The second-order valence-corrected chi connectivity index (χ2v) is 5.30. The maximum Gasteiger partial charge on any atom is 0.282 e. The normalized spacial score (nSPS) is 16.0. The van der Waals surface area contributed by atoms with Gasteiger partial charge in [0.05, 0.1) is 5.69 Å². The summed E-state index contributed by atoms with van der Waals surface area (Å²) in [5.74, 6) is -1.49. The van der Waals surface area contributed by atoms with Gasteiger partial charge in [0.1, 0.15) is 17.1 Å². The number of halogens is 1. The number of benzene rings is 2. The molecule has 1 heterocycles. The molecular weight excluding hydrogens is 320 g/mol. The van der Waals surface area contributed by atoms with Crippen LogP contribution in [0, 0.1) is 0 Å². The molecule has 116 valence electrons. The molecule has 7 heteroatoms. The van der Waals surface area contributed by atoms with Gasteiger partial charge in [-0.2, -0.15) is 0 Å². The fourth-order valence-electron chi connectivity index (χ4n) is 2.14. The first-order valence-electron chi connectivity index (χ1n) is 6.60. The molecule has 0 unspecified atom stereocenters. The molecule has 0 aliphatic carbocycles. The molecule has 3 N–H and O–H groups in total. The third-order valence-corrected chi connectivity index (χ3v) is 3.54. The standard InChI is InChI=1S/C16H11ClN2O4/c17-10-2-4-11(5-3-10)19-16(23)13(15(22)18-19)7-9-1-6-12(20)8-14(9)21/h1-8,20-21H,(H,18,22)/b13-7+. The summed E-state index contributed by atoms with van der Waals surface area (Å²) in [6.07, 6.45) is 1.27.